The van der Waals surface area contributed by atoms with Gasteiger partial charge in [-0.2, -0.15) is 4.68 Å². The van der Waals surface area contributed by atoms with Crippen LogP contribution in [-0.2, 0) is 4.79 Å². The van der Waals surface area contributed by atoms with Gasteiger partial charge >= 0.3 is 0 Å². The molecular weight excluding hydrogens is 394 g/mol. The minimum Gasteiger partial charge on any atom is -0.497 e. The molecule has 2 aromatic carbocycles. The van der Waals surface area contributed by atoms with Gasteiger partial charge in [0.15, 0.2) is 5.78 Å². The predicted octanol–water partition coefficient (Wildman–Crippen LogP) is 2.61. The highest BCUT2D eigenvalue weighted by atomic mass is 32.2. The number of thioether (sulfide) groups is 1. The van der Waals surface area contributed by atoms with Crippen LogP contribution in [0.4, 0.5) is 5.69 Å². The van der Waals surface area contributed by atoms with Gasteiger partial charge in [-0.25, -0.2) is 0 Å². The minimum absolute atomic E-state index is 0.0294. The summed E-state index contributed by atoms with van der Waals surface area (Å²) in [7, 11) is 3.11. The average Bonchev–Trinajstić information content (AvgIpc) is 3.20. The van der Waals surface area contributed by atoms with Crippen LogP contribution in [0.5, 0.6) is 11.5 Å². The standard InChI is InChI=1S/C19H19N5O4S/c1-12(25)13-4-6-14(7-5-13)20-18(26)11-29-19-21-22-23-24(19)16-10-15(27-2)8-9-17(16)28-3/h4-10H,11H2,1-3H3,(H,20,26). The Morgan fingerprint density at radius 3 is 2.52 bits per heavy atom. The molecule has 0 aliphatic heterocycles. The lowest BCUT2D eigenvalue weighted by molar-refractivity contribution is -0.113. The minimum atomic E-state index is -0.224. The number of ketones is 1. The summed E-state index contributed by atoms with van der Waals surface area (Å²) in [5.74, 6) is 1.03. The summed E-state index contributed by atoms with van der Waals surface area (Å²) < 4.78 is 12.1. The van der Waals surface area contributed by atoms with Crippen molar-refractivity contribution in [2.75, 3.05) is 25.3 Å². The molecule has 1 aromatic heterocycles. The number of anilines is 1. The summed E-state index contributed by atoms with van der Waals surface area (Å²) >= 11 is 1.18. The quantitative estimate of drug-likeness (QED) is 0.443. The van der Waals surface area contributed by atoms with E-state index >= 15 is 0 Å². The number of carbonyl (C=O) groups excluding carboxylic acids is 2. The third kappa shape index (κ3) is 4.91. The molecule has 29 heavy (non-hydrogen) atoms. The summed E-state index contributed by atoms with van der Waals surface area (Å²) in [6, 6.07) is 12.0. The number of tetrazole rings is 1. The second kappa shape index (κ2) is 9.20. The molecule has 0 atom stereocenters. The van der Waals surface area contributed by atoms with Crippen LogP contribution in [0.15, 0.2) is 47.6 Å². The Kier molecular flexibility index (Phi) is 6.45. The number of nitrogens with one attached hydrogen (secondary N) is 1. The molecule has 0 radical (unpaired) electrons. The van der Waals surface area contributed by atoms with Crippen LogP contribution in [0.25, 0.3) is 5.69 Å². The maximum atomic E-state index is 12.3. The Morgan fingerprint density at radius 2 is 1.86 bits per heavy atom. The van der Waals surface area contributed by atoms with E-state index in [0.717, 1.165) is 0 Å². The van der Waals surface area contributed by atoms with Gasteiger partial charge in [-0.05, 0) is 53.7 Å². The molecule has 3 aromatic rings. The van der Waals surface area contributed by atoms with Crippen molar-refractivity contribution in [1.29, 1.82) is 0 Å². The highest BCUT2D eigenvalue weighted by Crippen LogP contribution is 2.29. The second-order valence-corrected chi connectivity index (χ2v) is 6.82. The Hall–Kier alpha value is -3.40. The van der Waals surface area contributed by atoms with Crippen LogP contribution in [0.2, 0.25) is 0 Å². The number of benzene rings is 2. The van der Waals surface area contributed by atoms with Crippen molar-refractivity contribution in [2.45, 2.75) is 12.1 Å². The number of rotatable bonds is 8. The van der Waals surface area contributed by atoms with E-state index in [9.17, 15) is 9.59 Å². The van der Waals surface area contributed by atoms with Gasteiger partial charge in [-0.3, -0.25) is 9.59 Å². The number of nitrogens with zero attached hydrogens (tertiary/aromatic N) is 4. The number of ether oxygens (including phenoxy) is 2. The van der Waals surface area contributed by atoms with E-state index in [-0.39, 0.29) is 17.4 Å². The van der Waals surface area contributed by atoms with Gasteiger partial charge in [0, 0.05) is 17.3 Å². The second-order valence-electron chi connectivity index (χ2n) is 5.88. The van der Waals surface area contributed by atoms with Crippen LogP contribution < -0.4 is 14.8 Å². The Labute approximate surface area is 171 Å². The van der Waals surface area contributed by atoms with Crippen molar-refractivity contribution in [3.05, 3.63) is 48.0 Å². The molecule has 0 bridgehead atoms. The van der Waals surface area contributed by atoms with Gasteiger partial charge in [0.2, 0.25) is 11.1 Å². The number of carbonyl (C=O) groups is 2. The van der Waals surface area contributed by atoms with Gasteiger partial charge in [-0.1, -0.05) is 11.8 Å². The van der Waals surface area contributed by atoms with E-state index in [1.807, 2.05) is 0 Å². The Morgan fingerprint density at radius 1 is 1.10 bits per heavy atom. The van der Waals surface area contributed by atoms with Crippen molar-refractivity contribution in [2.24, 2.45) is 0 Å². The van der Waals surface area contributed by atoms with E-state index in [4.69, 9.17) is 9.47 Å². The van der Waals surface area contributed by atoms with Crippen molar-refractivity contribution >= 4 is 29.1 Å². The summed E-state index contributed by atoms with van der Waals surface area (Å²) in [5, 5.41) is 14.9. The summed E-state index contributed by atoms with van der Waals surface area (Å²) in [5.41, 5.74) is 1.79. The largest absolute Gasteiger partial charge is 0.497 e. The number of methoxy groups -OCH3 is 2. The molecule has 0 saturated heterocycles. The first kappa shape index (κ1) is 20.3. The van der Waals surface area contributed by atoms with E-state index in [1.165, 1.54) is 23.4 Å². The van der Waals surface area contributed by atoms with E-state index < -0.39 is 0 Å². The Bertz CT molecular complexity index is 1020. The summed E-state index contributed by atoms with van der Waals surface area (Å²) in [4.78, 5) is 23.6. The third-order valence-corrected chi connectivity index (χ3v) is 4.88. The Balaban J connectivity index is 1.69. The van der Waals surface area contributed by atoms with Crippen LogP contribution >= 0.6 is 11.8 Å². The molecule has 0 spiro atoms. The van der Waals surface area contributed by atoms with Gasteiger partial charge in [-0.15, -0.1) is 5.10 Å². The molecule has 3 rings (SSSR count). The van der Waals surface area contributed by atoms with Crippen LogP contribution in [-0.4, -0.2) is 51.9 Å². The molecular formula is C19H19N5O4S. The molecule has 0 aliphatic rings. The fourth-order valence-electron chi connectivity index (χ4n) is 2.50. The molecule has 1 heterocycles. The first-order chi connectivity index (χ1) is 14.0. The highest BCUT2D eigenvalue weighted by Gasteiger charge is 2.16. The predicted molar refractivity (Wildman–Crippen MR) is 108 cm³/mol. The zero-order chi connectivity index (χ0) is 20.8. The molecule has 1 amide bonds. The number of Topliss-reactive ketones (excluding diaryl/α,β-unsaturated/α-hetero) is 1. The average molecular weight is 413 g/mol. The zero-order valence-electron chi connectivity index (χ0n) is 16.1. The van der Waals surface area contributed by atoms with Gasteiger partial charge in [0.05, 0.1) is 20.0 Å². The molecule has 0 saturated carbocycles. The molecule has 0 fully saturated rings. The monoisotopic (exact) mass is 413 g/mol. The lowest BCUT2D eigenvalue weighted by Gasteiger charge is -2.11. The maximum absolute atomic E-state index is 12.3. The van der Waals surface area contributed by atoms with Gasteiger partial charge in [0.25, 0.3) is 0 Å². The normalized spacial score (nSPS) is 10.4. The van der Waals surface area contributed by atoms with Gasteiger partial charge < -0.3 is 14.8 Å². The van der Waals surface area contributed by atoms with E-state index in [2.05, 4.69) is 20.8 Å². The van der Waals surface area contributed by atoms with Crippen LogP contribution in [0.1, 0.15) is 17.3 Å². The topological polar surface area (TPSA) is 108 Å². The zero-order valence-corrected chi connectivity index (χ0v) is 16.9. The molecule has 10 heteroatoms. The number of amides is 1. The lowest BCUT2D eigenvalue weighted by Crippen LogP contribution is -2.14. The van der Waals surface area contributed by atoms with Crippen LogP contribution in [0.3, 0.4) is 0 Å². The maximum Gasteiger partial charge on any atom is 0.234 e. The smallest absolute Gasteiger partial charge is 0.234 e. The first-order valence-electron chi connectivity index (χ1n) is 8.56. The van der Waals surface area contributed by atoms with Crippen molar-refractivity contribution in [1.82, 2.24) is 20.2 Å². The molecule has 9 nitrogen and oxygen atoms in total. The number of hydrogen-bond acceptors (Lipinski definition) is 8. The van der Waals surface area contributed by atoms with Crippen LogP contribution in [0, 0.1) is 0 Å². The van der Waals surface area contributed by atoms with Gasteiger partial charge in [0.1, 0.15) is 17.2 Å². The lowest BCUT2D eigenvalue weighted by atomic mass is 10.1. The summed E-state index contributed by atoms with van der Waals surface area (Å²) in [6.45, 7) is 1.49. The third-order valence-electron chi connectivity index (χ3n) is 3.96. The fourth-order valence-corrected chi connectivity index (χ4v) is 3.18. The number of aromatic nitrogens is 4. The molecule has 1 N–H and O–H groups in total. The van der Waals surface area contributed by atoms with Crippen molar-refractivity contribution < 1.29 is 19.1 Å². The number of hydrogen-bond donors (Lipinski definition) is 1. The highest BCUT2D eigenvalue weighted by molar-refractivity contribution is 7.99. The molecule has 0 unspecified atom stereocenters. The SMILES string of the molecule is COc1ccc(OC)c(-n2nnnc2SCC(=O)Nc2ccc(C(C)=O)cc2)c1. The van der Waals surface area contributed by atoms with E-state index in [1.54, 1.807) is 56.7 Å². The molecule has 0 aliphatic carbocycles. The summed E-state index contributed by atoms with van der Waals surface area (Å²) in [6.07, 6.45) is 0. The first-order valence-corrected chi connectivity index (χ1v) is 9.55. The van der Waals surface area contributed by atoms with E-state index in [0.29, 0.717) is 33.6 Å². The molecule has 150 valence electrons. The van der Waals surface area contributed by atoms with Crippen molar-refractivity contribution in [3.8, 4) is 17.2 Å². The fraction of sp³-hybridized carbons (Fsp3) is 0.211. The van der Waals surface area contributed by atoms with Crippen molar-refractivity contribution in [3.63, 3.8) is 0 Å².